The highest BCUT2D eigenvalue weighted by atomic mass is 32.2. The van der Waals surface area contributed by atoms with Crippen LogP contribution in [-0.2, 0) is 9.59 Å². The molecule has 1 aromatic heterocycles. The number of hydrogen-bond acceptors (Lipinski definition) is 7. The maximum absolute atomic E-state index is 12.2. The van der Waals surface area contributed by atoms with Crippen molar-refractivity contribution in [3.8, 4) is 11.5 Å². The van der Waals surface area contributed by atoms with E-state index in [0.29, 0.717) is 17.5 Å². The van der Waals surface area contributed by atoms with Gasteiger partial charge in [-0.25, -0.2) is 0 Å². The normalized spacial score (nSPS) is 18.0. The number of benzene rings is 1. The Balaban J connectivity index is 1.24. The van der Waals surface area contributed by atoms with Crippen LogP contribution >= 0.6 is 11.8 Å². The van der Waals surface area contributed by atoms with E-state index in [1.54, 1.807) is 18.2 Å². The standard InChI is InChI=1S/C17H19N5O4S/c1-10-18-21-17(22(10)11-6-7-11)27-9-15(23)19-20-16(24)14-8-25-12-4-2-3-5-13(12)26-14/h2-5,11,14H,6-9H2,1H3,(H,19,23)(H,20,24)/t14-/m0/s1. The zero-order valence-electron chi connectivity index (χ0n) is 14.7. The number of carbonyl (C=O) groups excluding carboxylic acids is 2. The SMILES string of the molecule is Cc1nnc(SCC(=O)NNC(=O)[C@@H]2COc3ccccc3O2)n1C1CC1. The summed E-state index contributed by atoms with van der Waals surface area (Å²) in [4.78, 5) is 24.2. The van der Waals surface area contributed by atoms with E-state index >= 15 is 0 Å². The Morgan fingerprint density at radius 1 is 1.22 bits per heavy atom. The van der Waals surface area contributed by atoms with Crippen LogP contribution in [0.4, 0.5) is 0 Å². The Morgan fingerprint density at radius 3 is 2.78 bits per heavy atom. The summed E-state index contributed by atoms with van der Waals surface area (Å²) in [6.45, 7) is 1.98. The second kappa shape index (κ2) is 7.47. The molecule has 1 fully saturated rings. The number of rotatable bonds is 5. The van der Waals surface area contributed by atoms with Crippen LogP contribution in [0.15, 0.2) is 29.4 Å². The second-order valence-corrected chi connectivity index (χ2v) is 7.26. The Kier molecular flexibility index (Phi) is 4.88. The highest BCUT2D eigenvalue weighted by Crippen LogP contribution is 2.38. The van der Waals surface area contributed by atoms with Crippen LogP contribution in [0, 0.1) is 6.92 Å². The Bertz CT molecular complexity index is 867. The molecule has 0 radical (unpaired) electrons. The summed E-state index contributed by atoms with van der Waals surface area (Å²) in [6.07, 6.45) is 1.40. The molecule has 2 amide bonds. The largest absolute Gasteiger partial charge is 0.485 e. The summed E-state index contributed by atoms with van der Waals surface area (Å²) in [5, 5.41) is 8.90. The van der Waals surface area contributed by atoms with Gasteiger partial charge in [-0.05, 0) is 31.9 Å². The minimum Gasteiger partial charge on any atom is -0.485 e. The number of hydrogen-bond donors (Lipinski definition) is 2. The number of nitrogens with zero attached hydrogens (tertiary/aromatic N) is 3. The van der Waals surface area contributed by atoms with Crippen LogP contribution < -0.4 is 20.3 Å². The van der Waals surface area contributed by atoms with Crippen LogP contribution in [-0.4, -0.2) is 45.0 Å². The maximum atomic E-state index is 12.2. The molecule has 2 aromatic rings. The third-order valence-electron chi connectivity index (χ3n) is 4.21. The first-order chi connectivity index (χ1) is 13.1. The van der Waals surface area contributed by atoms with Crippen molar-refractivity contribution in [2.75, 3.05) is 12.4 Å². The lowest BCUT2D eigenvalue weighted by Crippen LogP contribution is -2.51. The molecule has 1 aliphatic heterocycles. The van der Waals surface area contributed by atoms with E-state index in [-0.39, 0.29) is 18.3 Å². The molecule has 0 spiro atoms. The summed E-state index contributed by atoms with van der Waals surface area (Å²) < 4.78 is 13.1. The smallest absolute Gasteiger partial charge is 0.283 e. The molecular weight excluding hydrogens is 370 g/mol. The number of carbonyl (C=O) groups is 2. The van der Waals surface area contributed by atoms with Gasteiger partial charge in [0.05, 0.1) is 5.75 Å². The molecule has 10 heteroatoms. The number of ether oxygens (including phenoxy) is 2. The topological polar surface area (TPSA) is 107 Å². The number of amides is 2. The molecular formula is C17H19N5O4S. The van der Waals surface area contributed by atoms with Gasteiger partial charge in [0.2, 0.25) is 12.0 Å². The van der Waals surface area contributed by atoms with Crippen LogP contribution in [0.2, 0.25) is 0 Å². The quantitative estimate of drug-likeness (QED) is 0.580. The Hall–Kier alpha value is -2.75. The van der Waals surface area contributed by atoms with Gasteiger partial charge < -0.3 is 14.0 Å². The fourth-order valence-corrected chi connectivity index (χ4v) is 3.58. The van der Waals surface area contributed by atoms with Crippen LogP contribution in [0.1, 0.15) is 24.7 Å². The minimum absolute atomic E-state index is 0.0806. The summed E-state index contributed by atoms with van der Waals surface area (Å²) in [5.74, 6) is 1.25. The van der Waals surface area contributed by atoms with E-state index in [2.05, 4.69) is 25.6 Å². The van der Waals surface area contributed by atoms with Gasteiger partial charge in [0, 0.05) is 6.04 Å². The number of fused-ring (bicyclic) bond motifs is 1. The van der Waals surface area contributed by atoms with Crippen molar-refractivity contribution in [3.05, 3.63) is 30.1 Å². The molecule has 2 heterocycles. The lowest BCUT2D eigenvalue weighted by Gasteiger charge is -2.25. The van der Waals surface area contributed by atoms with Gasteiger partial charge in [-0.2, -0.15) is 0 Å². The highest BCUT2D eigenvalue weighted by Gasteiger charge is 2.29. The van der Waals surface area contributed by atoms with Crippen molar-refractivity contribution in [3.63, 3.8) is 0 Å². The number of nitrogens with one attached hydrogen (secondary N) is 2. The van der Waals surface area contributed by atoms with E-state index < -0.39 is 12.0 Å². The van der Waals surface area contributed by atoms with E-state index in [9.17, 15) is 9.59 Å². The third-order valence-corrected chi connectivity index (χ3v) is 5.15. The van der Waals surface area contributed by atoms with Crippen molar-refractivity contribution < 1.29 is 19.1 Å². The number of thioether (sulfide) groups is 1. The average Bonchev–Trinajstić information content (AvgIpc) is 3.46. The zero-order valence-corrected chi connectivity index (χ0v) is 15.5. The lowest BCUT2D eigenvalue weighted by atomic mass is 10.2. The van der Waals surface area contributed by atoms with Crippen molar-refractivity contribution >= 4 is 23.6 Å². The van der Waals surface area contributed by atoms with Crippen molar-refractivity contribution in [1.29, 1.82) is 0 Å². The van der Waals surface area contributed by atoms with E-state index in [1.165, 1.54) is 11.8 Å². The first kappa shape index (κ1) is 17.7. The van der Waals surface area contributed by atoms with E-state index in [1.807, 2.05) is 13.0 Å². The Labute approximate surface area is 159 Å². The van der Waals surface area contributed by atoms with Crippen LogP contribution in [0.25, 0.3) is 0 Å². The monoisotopic (exact) mass is 389 g/mol. The van der Waals surface area contributed by atoms with Crippen molar-refractivity contribution in [2.45, 2.75) is 37.1 Å². The number of aromatic nitrogens is 3. The third kappa shape index (κ3) is 4.00. The predicted octanol–water partition coefficient (Wildman–Crippen LogP) is 1.00. The molecule has 0 saturated heterocycles. The summed E-state index contributed by atoms with van der Waals surface area (Å²) in [6, 6.07) is 7.55. The van der Waals surface area contributed by atoms with Gasteiger partial charge in [0.1, 0.15) is 12.4 Å². The Morgan fingerprint density at radius 2 is 2.00 bits per heavy atom. The number of hydrazine groups is 1. The fraction of sp³-hybridized carbons (Fsp3) is 0.412. The van der Waals surface area contributed by atoms with Gasteiger partial charge in [0.25, 0.3) is 5.91 Å². The minimum atomic E-state index is -0.825. The van der Waals surface area contributed by atoms with Gasteiger partial charge in [0.15, 0.2) is 16.7 Å². The van der Waals surface area contributed by atoms with Gasteiger partial charge in [-0.15, -0.1) is 10.2 Å². The van der Waals surface area contributed by atoms with E-state index in [0.717, 1.165) is 23.8 Å². The molecule has 1 atom stereocenters. The van der Waals surface area contributed by atoms with Gasteiger partial charge in [-0.3, -0.25) is 20.4 Å². The molecule has 0 unspecified atom stereocenters. The molecule has 4 rings (SSSR count). The van der Waals surface area contributed by atoms with Gasteiger partial charge >= 0.3 is 0 Å². The van der Waals surface area contributed by atoms with Crippen LogP contribution in [0.3, 0.4) is 0 Å². The van der Waals surface area contributed by atoms with Crippen LogP contribution in [0.5, 0.6) is 11.5 Å². The summed E-state index contributed by atoms with van der Waals surface area (Å²) >= 11 is 1.29. The second-order valence-electron chi connectivity index (χ2n) is 6.32. The maximum Gasteiger partial charge on any atom is 0.283 e. The molecule has 27 heavy (non-hydrogen) atoms. The molecule has 2 aliphatic rings. The molecule has 0 bridgehead atoms. The number of para-hydroxylation sites is 2. The van der Waals surface area contributed by atoms with Crippen molar-refractivity contribution in [1.82, 2.24) is 25.6 Å². The highest BCUT2D eigenvalue weighted by molar-refractivity contribution is 7.99. The van der Waals surface area contributed by atoms with E-state index in [4.69, 9.17) is 9.47 Å². The summed E-state index contributed by atoms with van der Waals surface area (Å²) in [5.41, 5.74) is 4.77. The molecule has 2 N–H and O–H groups in total. The fourth-order valence-electron chi connectivity index (χ4n) is 2.73. The summed E-state index contributed by atoms with van der Waals surface area (Å²) in [7, 11) is 0. The first-order valence-electron chi connectivity index (χ1n) is 8.63. The van der Waals surface area contributed by atoms with Gasteiger partial charge in [-0.1, -0.05) is 23.9 Å². The first-order valence-corrected chi connectivity index (χ1v) is 9.62. The molecule has 1 aromatic carbocycles. The van der Waals surface area contributed by atoms with Crippen molar-refractivity contribution in [2.24, 2.45) is 0 Å². The average molecular weight is 389 g/mol. The lowest BCUT2D eigenvalue weighted by molar-refractivity contribution is -0.134. The molecule has 142 valence electrons. The molecule has 1 aliphatic carbocycles. The molecule has 9 nitrogen and oxygen atoms in total. The predicted molar refractivity (Wildman–Crippen MR) is 96.4 cm³/mol. The number of aryl methyl sites for hydroxylation is 1. The zero-order chi connectivity index (χ0) is 18.8. The molecule has 1 saturated carbocycles.